The lowest BCUT2D eigenvalue weighted by molar-refractivity contribution is -0.142. The van der Waals surface area contributed by atoms with E-state index in [0.717, 1.165) is 6.42 Å². The first-order chi connectivity index (χ1) is 25.0. The molecule has 53 heavy (non-hydrogen) atoms. The van der Waals surface area contributed by atoms with E-state index in [-0.39, 0.29) is 49.9 Å². The number of hydrogen-bond donors (Lipinski definition) is 3. The fourth-order valence-corrected chi connectivity index (χ4v) is 8.78. The number of allylic oxidation sites excluding steroid dienone is 1. The third-order valence-corrected chi connectivity index (χ3v) is 12.8. The SMILES string of the molecule is C[C@@H]1CC/C=C\[C@@H]2C[C@@]2(C(=O)NS(=O)(=O)C2(CF)CC2)NC(=O)[C@@H]2C[C@@H](Oc3cnc4ccccc4n3)CN2C(=O)[C@@H](NC(=O)OC(C)(C)C)[C@H](C)C1. The van der Waals surface area contributed by atoms with E-state index in [2.05, 4.69) is 25.3 Å². The molecule has 3 N–H and O–H groups in total. The molecule has 288 valence electrons. The summed E-state index contributed by atoms with van der Waals surface area (Å²) in [4.78, 5) is 66.2. The standard InChI is InChI=1S/C37H49FN6O8S/c1-22-10-6-7-11-24-18-37(24,33(47)43-53(49,50)36(21-38)14-15-36)42-31(45)28-17-25(51-29-19-39-26-12-8-9-13-27(26)40-29)20-44(28)32(46)30(23(2)16-22)41-34(48)52-35(3,4)5/h7-9,11-13,19,22-25,28,30H,6,10,14-18,20-21H2,1-5H3,(H,41,48)(H,42,45)(H,43,47)/b11-7-/t22-,23-,24-,25-,28+,30+,37-/m1/s1. The highest BCUT2D eigenvalue weighted by Crippen LogP contribution is 2.48. The van der Waals surface area contributed by atoms with Crippen LogP contribution in [0.15, 0.2) is 42.6 Å². The summed E-state index contributed by atoms with van der Waals surface area (Å²) < 4.78 is 52.2. The van der Waals surface area contributed by atoms with Crippen LogP contribution in [0.3, 0.4) is 0 Å². The number of sulfonamides is 1. The molecule has 1 aromatic carbocycles. The number of nitrogens with zero attached hydrogens (tertiary/aromatic N) is 3. The molecular weight excluding hydrogens is 708 g/mol. The molecule has 2 aliphatic carbocycles. The largest absolute Gasteiger partial charge is 0.471 e. The second-order valence-electron chi connectivity index (χ2n) is 16.1. The van der Waals surface area contributed by atoms with Gasteiger partial charge in [-0.25, -0.2) is 27.6 Å². The van der Waals surface area contributed by atoms with Crippen molar-refractivity contribution < 1.29 is 41.5 Å². The molecule has 2 aromatic rings. The Morgan fingerprint density at radius 1 is 1.11 bits per heavy atom. The number of benzene rings is 1. The Hall–Kier alpha value is -4.34. The van der Waals surface area contributed by atoms with Crippen LogP contribution in [0, 0.1) is 17.8 Å². The van der Waals surface area contributed by atoms with Crippen LogP contribution in [-0.2, 0) is 29.1 Å². The van der Waals surface area contributed by atoms with Crippen LogP contribution < -0.4 is 20.1 Å². The zero-order valence-electron chi connectivity index (χ0n) is 30.8. The number of para-hydroxylation sites is 2. The molecule has 16 heteroatoms. The predicted molar refractivity (Wildman–Crippen MR) is 193 cm³/mol. The molecule has 0 radical (unpaired) electrons. The summed E-state index contributed by atoms with van der Waals surface area (Å²) in [5, 5.41) is 5.58. The molecule has 3 heterocycles. The van der Waals surface area contributed by atoms with Gasteiger partial charge in [0.1, 0.15) is 40.7 Å². The third-order valence-electron chi connectivity index (χ3n) is 10.7. The first-order valence-corrected chi connectivity index (χ1v) is 19.7. The Balaban J connectivity index is 1.33. The van der Waals surface area contributed by atoms with Crippen molar-refractivity contribution in [3.05, 3.63) is 42.6 Å². The summed E-state index contributed by atoms with van der Waals surface area (Å²) in [5.74, 6) is -2.78. The van der Waals surface area contributed by atoms with Crippen molar-refractivity contribution in [1.82, 2.24) is 30.2 Å². The van der Waals surface area contributed by atoms with E-state index in [0.29, 0.717) is 23.9 Å². The van der Waals surface area contributed by atoms with E-state index in [4.69, 9.17) is 9.47 Å². The van der Waals surface area contributed by atoms with Gasteiger partial charge in [-0.15, -0.1) is 0 Å². The Morgan fingerprint density at radius 3 is 2.51 bits per heavy atom. The van der Waals surface area contributed by atoms with Crippen molar-refractivity contribution in [3.63, 3.8) is 0 Å². The first kappa shape index (κ1) is 38.4. The number of hydrogen-bond acceptors (Lipinski definition) is 10. The van der Waals surface area contributed by atoms with E-state index in [9.17, 15) is 32.0 Å². The van der Waals surface area contributed by atoms with Crippen molar-refractivity contribution in [1.29, 1.82) is 0 Å². The summed E-state index contributed by atoms with van der Waals surface area (Å²) >= 11 is 0. The van der Waals surface area contributed by atoms with E-state index in [1.165, 1.54) is 11.1 Å². The number of carbonyl (C=O) groups is 4. The molecule has 2 aliphatic heterocycles. The number of fused-ring (bicyclic) bond motifs is 3. The van der Waals surface area contributed by atoms with Gasteiger partial charge in [-0.3, -0.25) is 19.1 Å². The van der Waals surface area contributed by atoms with Gasteiger partial charge in [-0.05, 0) is 83.3 Å². The summed E-state index contributed by atoms with van der Waals surface area (Å²) in [5.41, 5.74) is -1.23. The van der Waals surface area contributed by atoms with Gasteiger partial charge in [0.2, 0.25) is 27.7 Å². The second kappa shape index (κ2) is 14.5. The van der Waals surface area contributed by atoms with Crippen LogP contribution >= 0.6 is 0 Å². The van der Waals surface area contributed by atoms with E-state index in [1.54, 1.807) is 39.0 Å². The average molecular weight is 757 g/mol. The lowest BCUT2D eigenvalue weighted by Gasteiger charge is -2.33. The van der Waals surface area contributed by atoms with Crippen molar-refractivity contribution in [2.75, 3.05) is 13.2 Å². The number of alkyl halides is 1. The number of aromatic nitrogens is 2. The second-order valence-corrected chi connectivity index (χ2v) is 18.2. The van der Waals surface area contributed by atoms with Crippen molar-refractivity contribution in [2.45, 2.75) is 114 Å². The third kappa shape index (κ3) is 8.26. The molecule has 0 unspecified atom stereocenters. The lowest BCUT2D eigenvalue weighted by atomic mass is 9.88. The number of halogens is 1. The summed E-state index contributed by atoms with van der Waals surface area (Å²) in [6.07, 6.45) is 5.87. The minimum absolute atomic E-state index is 0.00249. The maximum absolute atomic E-state index is 14.6. The Morgan fingerprint density at radius 2 is 1.83 bits per heavy atom. The molecule has 1 saturated heterocycles. The van der Waals surface area contributed by atoms with Gasteiger partial charge in [0.05, 0.1) is 23.8 Å². The lowest BCUT2D eigenvalue weighted by Crippen LogP contribution is -2.59. The zero-order chi connectivity index (χ0) is 38.3. The van der Waals surface area contributed by atoms with Gasteiger partial charge in [0.15, 0.2) is 0 Å². The normalized spacial score (nSPS) is 30.8. The fourth-order valence-electron chi connectivity index (χ4n) is 7.35. The summed E-state index contributed by atoms with van der Waals surface area (Å²) in [7, 11) is -4.37. The number of rotatable bonds is 7. The van der Waals surface area contributed by atoms with E-state index in [1.807, 2.05) is 32.1 Å². The topological polar surface area (TPSA) is 186 Å². The molecular formula is C37H49FN6O8S. The van der Waals surface area contributed by atoms with Crippen molar-refractivity contribution in [3.8, 4) is 5.88 Å². The van der Waals surface area contributed by atoms with Crippen LogP contribution in [0.2, 0.25) is 0 Å². The van der Waals surface area contributed by atoms with E-state index < -0.39 is 80.5 Å². The molecule has 3 fully saturated rings. The van der Waals surface area contributed by atoms with Crippen LogP contribution in [0.1, 0.15) is 79.6 Å². The van der Waals surface area contributed by atoms with Crippen molar-refractivity contribution >= 4 is 44.9 Å². The predicted octanol–water partition coefficient (Wildman–Crippen LogP) is 3.71. The van der Waals surface area contributed by atoms with Crippen LogP contribution in [0.5, 0.6) is 5.88 Å². The highest BCUT2D eigenvalue weighted by Gasteiger charge is 2.64. The molecule has 7 atom stereocenters. The molecule has 2 saturated carbocycles. The molecule has 0 spiro atoms. The summed E-state index contributed by atoms with van der Waals surface area (Å²) in [6, 6.07) is 4.99. The van der Waals surface area contributed by atoms with E-state index >= 15 is 0 Å². The fraction of sp³-hybridized carbons (Fsp3) is 0.622. The van der Waals surface area contributed by atoms with Gasteiger partial charge in [0.25, 0.3) is 5.91 Å². The highest BCUT2D eigenvalue weighted by atomic mass is 32.2. The molecule has 4 amide bonds. The highest BCUT2D eigenvalue weighted by molar-refractivity contribution is 7.91. The summed E-state index contributed by atoms with van der Waals surface area (Å²) in [6.45, 7) is 7.87. The maximum Gasteiger partial charge on any atom is 0.408 e. The molecule has 1 aromatic heterocycles. The van der Waals surface area contributed by atoms with Gasteiger partial charge < -0.3 is 25.0 Å². The molecule has 0 bridgehead atoms. The molecule has 4 aliphatic rings. The monoisotopic (exact) mass is 756 g/mol. The number of amides is 4. The number of nitrogens with one attached hydrogen (secondary N) is 3. The van der Waals surface area contributed by atoms with Gasteiger partial charge >= 0.3 is 6.09 Å². The zero-order valence-corrected chi connectivity index (χ0v) is 31.6. The van der Waals surface area contributed by atoms with Crippen LogP contribution in [0.25, 0.3) is 11.0 Å². The Labute approximate surface area is 309 Å². The quantitative estimate of drug-likeness (QED) is 0.352. The van der Waals surface area contributed by atoms with Gasteiger partial charge in [-0.2, -0.15) is 0 Å². The maximum atomic E-state index is 14.6. The molecule has 6 rings (SSSR count). The van der Waals surface area contributed by atoms with Gasteiger partial charge in [0, 0.05) is 12.3 Å². The Bertz CT molecular complexity index is 1900. The number of carbonyl (C=O) groups excluding carboxylic acids is 4. The van der Waals surface area contributed by atoms with Crippen molar-refractivity contribution in [2.24, 2.45) is 17.8 Å². The Kier molecular flexibility index (Phi) is 10.5. The minimum atomic E-state index is -4.37. The number of ether oxygens (including phenoxy) is 2. The minimum Gasteiger partial charge on any atom is -0.471 e. The average Bonchev–Trinajstić information content (AvgIpc) is 3.99. The van der Waals surface area contributed by atoms with Gasteiger partial charge in [-0.1, -0.05) is 38.1 Å². The van der Waals surface area contributed by atoms with Crippen LogP contribution in [0.4, 0.5) is 9.18 Å². The van der Waals surface area contributed by atoms with Crippen LogP contribution in [-0.4, -0.2) is 94.4 Å². The first-order valence-electron chi connectivity index (χ1n) is 18.3. The number of alkyl carbamates (subject to hydrolysis) is 1. The smallest absolute Gasteiger partial charge is 0.408 e. The molecule has 14 nitrogen and oxygen atoms in total.